The zero-order chi connectivity index (χ0) is 19.2. The van der Waals surface area contributed by atoms with E-state index in [1.165, 1.54) is 24.4 Å². The second-order valence-corrected chi connectivity index (χ2v) is 6.08. The monoisotopic (exact) mass is 366 g/mol. The van der Waals surface area contributed by atoms with Crippen LogP contribution in [-0.4, -0.2) is 28.3 Å². The smallest absolute Gasteiger partial charge is 0.248 e. The van der Waals surface area contributed by atoms with Crippen molar-refractivity contribution < 1.29 is 14.3 Å². The zero-order valence-corrected chi connectivity index (χ0v) is 14.5. The molecular weight excluding hydrogens is 347 g/mol. The summed E-state index contributed by atoms with van der Waals surface area (Å²) in [6, 6.07) is 5.66. The van der Waals surface area contributed by atoms with Gasteiger partial charge in [0.15, 0.2) is 0 Å². The molecule has 1 aromatic carbocycles. The van der Waals surface area contributed by atoms with Crippen LogP contribution in [0.5, 0.6) is 5.75 Å². The lowest BCUT2D eigenvalue weighted by Gasteiger charge is -2.06. The third kappa shape index (κ3) is 5.01. The number of aromatic hydroxyl groups is 1. The largest absolute Gasteiger partial charge is 0.508 e. The molecule has 1 heterocycles. The molecule has 1 aromatic heterocycles. The Morgan fingerprint density at radius 1 is 1.37 bits per heavy atom. The molecule has 27 heavy (non-hydrogen) atoms. The van der Waals surface area contributed by atoms with Crippen LogP contribution in [0.15, 0.2) is 53.9 Å². The number of nitrogens with two attached hydrogens (primary N) is 1. The molecule has 0 saturated heterocycles. The molecule has 0 unspecified atom stereocenters. The molecule has 1 aliphatic carbocycles. The lowest BCUT2D eigenvalue weighted by molar-refractivity contribution is -0.111. The van der Waals surface area contributed by atoms with Gasteiger partial charge in [0.1, 0.15) is 11.6 Å². The molecule has 1 fully saturated rings. The van der Waals surface area contributed by atoms with Crippen LogP contribution in [0.1, 0.15) is 24.0 Å². The Balaban J connectivity index is 1.75. The van der Waals surface area contributed by atoms with E-state index >= 15 is 0 Å². The van der Waals surface area contributed by atoms with Crippen molar-refractivity contribution in [3.8, 4) is 5.75 Å². The van der Waals surface area contributed by atoms with Crippen LogP contribution in [0.25, 0.3) is 11.6 Å². The van der Waals surface area contributed by atoms with Gasteiger partial charge in [-0.25, -0.2) is 4.39 Å². The van der Waals surface area contributed by atoms with E-state index < -0.39 is 11.7 Å². The van der Waals surface area contributed by atoms with Crippen molar-refractivity contribution in [3.63, 3.8) is 0 Å². The number of rotatable bonds is 6. The van der Waals surface area contributed by atoms with E-state index in [4.69, 9.17) is 5.73 Å². The Kier molecular flexibility index (Phi) is 5.61. The fourth-order valence-corrected chi connectivity index (χ4v) is 2.36. The number of aliphatic imine (C=N–C) groups is 1. The molecule has 138 valence electrons. The number of halogens is 1. The summed E-state index contributed by atoms with van der Waals surface area (Å²) in [6.07, 6.45) is 11.5. The molecule has 7 heteroatoms. The Morgan fingerprint density at radius 3 is 2.89 bits per heavy atom. The third-order valence-corrected chi connectivity index (χ3v) is 3.94. The van der Waals surface area contributed by atoms with E-state index in [0.29, 0.717) is 11.6 Å². The summed E-state index contributed by atoms with van der Waals surface area (Å²) >= 11 is 0. The summed E-state index contributed by atoms with van der Waals surface area (Å²) in [6.45, 7) is 0. The number of aromatic nitrogens is 1. The van der Waals surface area contributed by atoms with Crippen LogP contribution in [0.3, 0.4) is 0 Å². The van der Waals surface area contributed by atoms with E-state index in [9.17, 15) is 14.3 Å². The van der Waals surface area contributed by atoms with Gasteiger partial charge in [-0.3, -0.25) is 14.8 Å². The van der Waals surface area contributed by atoms with E-state index in [2.05, 4.69) is 15.3 Å². The molecule has 2 aromatic rings. The Labute approximate surface area is 156 Å². The number of allylic oxidation sites excluding steroid dienone is 1. The number of hydrogen-bond acceptors (Lipinski definition) is 5. The van der Waals surface area contributed by atoms with Gasteiger partial charge < -0.3 is 16.2 Å². The predicted molar refractivity (Wildman–Crippen MR) is 104 cm³/mol. The SMILES string of the molecule is NC=C(C=NC1CC1)c1ccncc1/C=C/C(=O)Nc1ccc(O)cc1F. The van der Waals surface area contributed by atoms with Crippen LogP contribution >= 0.6 is 0 Å². The first-order valence-electron chi connectivity index (χ1n) is 8.44. The molecule has 0 atom stereocenters. The minimum absolute atomic E-state index is 0.0204. The third-order valence-electron chi connectivity index (χ3n) is 3.94. The van der Waals surface area contributed by atoms with Crippen molar-refractivity contribution in [2.75, 3.05) is 5.32 Å². The van der Waals surface area contributed by atoms with Crippen LogP contribution in [0.4, 0.5) is 10.1 Å². The minimum Gasteiger partial charge on any atom is -0.508 e. The van der Waals surface area contributed by atoms with E-state index in [0.717, 1.165) is 30.0 Å². The van der Waals surface area contributed by atoms with Gasteiger partial charge >= 0.3 is 0 Å². The van der Waals surface area contributed by atoms with Gasteiger partial charge in [0.05, 0.1) is 11.7 Å². The van der Waals surface area contributed by atoms with Gasteiger partial charge in [-0.1, -0.05) is 0 Å². The number of anilines is 1. The molecule has 0 aliphatic heterocycles. The van der Waals surface area contributed by atoms with Crippen molar-refractivity contribution in [1.82, 2.24) is 4.98 Å². The summed E-state index contributed by atoms with van der Waals surface area (Å²) in [5.41, 5.74) is 7.91. The van der Waals surface area contributed by atoms with Gasteiger partial charge in [-0.05, 0) is 42.7 Å². The average molecular weight is 366 g/mol. The number of phenols is 1. The Morgan fingerprint density at radius 2 is 2.19 bits per heavy atom. The van der Waals surface area contributed by atoms with Crippen molar-refractivity contribution in [1.29, 1.82) is 0 Å². The quantitative estimate of drug-likeness (QED) is 0.415. The molecule has 1 aliphatic rings. The second-order valence-electron chi connectivity index (χ2n) is 6.08. The molecule has 3 rings (SSSR count). The van der Waals surface area contributed by atoms with Gasteiger partial charge in [-0.2, -0.15) is 0 Å². The topological polar surface area (TPSA) is 101 Å². The number of nitrogens with one attached hydrogen (secondary N) is 1. The number of pyridine rings is 1. The van der Waals surface area contributed by atoms with Crippen molar-refractivity contribution >= 4 is 29.5 Å². The highest BCUT2D eigenvalue weighted by Crippen LogP contribution is 2.25. The molecule has 0 radical (unpaired) electrons. The summed E-state index contributed by atoms with van der Waals surface area (Å²) < 4.78 is 13.7. The lowest BCUT2D eigenvalue weighted by atomic mass is 10.0. The molecule has 0 spiro atoms. The summed E-state index contributed by atoms with van der Waals surface area (Å²) in [5, 5.41) is 11.6. The summed E-state index contributed by atoms with van der Waals surface area (Å²) in [5.74, 6) is -1.45. The maximum Gasteiger partial charge on any atom is 0.248 e. The highest BCUT2D eigenvalue weighted by atomic mass is 19.1. The lowest BCUT2D eigenvalue weighted by Crippen LogP contribution is -2.09. The average Bonchev–Trinajstić information content (AvgIpc) is 3.48. The first-order valence-corrected chi connectivity index (χ1v) is 8.44. The highest BCUT2D eigenvalue weighted by Gasteiger charge is 2.19. The molecule has 4 N–H and O–H groups in total. The number of benzene rings is 1. The maximum atomic E-state index is 13.7. The normalized spacial score (nSPS) is 14.8. The van der Waals surface area contributed by atoms with Gasteiger partial charge in [0.2, 0.25) is 5.91 Å². The highest BCUT2D eigenvalue weighted by molar-refractivity contribution is 6.11. The predicted octanol–water partition coefficient (Wildman–Crippen LogP) is 3.11. The van der Waals surface area contributed by atoms with Crippen molar-refractivity contribution in [2.24, 2.45) is 10.7 Å². The number of amides is 1. The second kappa shape index (κ2) is 8.27. The fourth-order valence-electron chi connectivity index (χ4n) is 2.36. The molecule has 0 bridgehead atoms. The number of hydrogen-bond donors (Lipinski definition) is 3. The Bertz CT molecular complexity index is 933. The molecule has 6 nitrogen and oxygen atoms in total. The summed E-state index contributed by atoms with van der Waals surface area (Å²) in [7, 11) is 0. The van der Waals surface area contributed by atoms with Gasteiger partial charge in [0.25, 0.3) is 0 Å². The van der Waals surface area contributed by atoms with Crippen LogP contribution in [0.2, 0.25) is 0 Å². The molecule has 1 amide bonds. The van der Waals surface area contributed by atoms with Gasteiger partial charge in [0, 0.05) is 48.1 Å². The van der Waals surface area contributed by atoms with E-state index in [1.807, 2.05) is 0 Å². The van der Waals surface area contributed by atoms with E-state index in [1.54, 1.807) is 30.8 Å². The molecule has 1 saturated carbocycles. The van der Waals surface area contributed by atoms with E-state index in [-0.39, 0.29) is 11.4 Å². The van der Waals surface area contributed by atoms with Gasteiger partial charge in [-0.15, -0.1) is 0 Å². The van der Waals surface area contributed by atoms with Crippen molar-refractivity contribution in [2.45, 2.75) is 18.9 Å². The number of phenolic OH excluding ortho intramolecular Hbond substituents is 1. The number of carbonyl (C=O) groups is 1. The number of nitrogens with zero attached hydrogens (tertiary/aromatic N) is 2. The van der Waals surface area contributed by atoms with Crippen LogP contribution in [0, 0.1) is 5.82 Å². The van der Waals surface area contributed by atoms with Crippen molar-refractivity contribution in [3.05, 3.63) is 65.9 Å². The van der Waals surface area contributed by atoms with Crippen LogP contribution < -0.4 is 11.1 Å². The van der Waals surface area contributed by atoms with Crippen LogP contribution in [-0.2, 0) is 4.79 Å². The zero-order valence-electron chi connectivity index (χ0n) is 14.5. The minimum atomic E-state index is -0.719. The Hall–Kier alpha value is -3.48. The number of carbonyl (C=O) groups excluding carboxylic acids is 1. The first-order chi connectivity index (χ1) is 13.1. The summed E-state index contributed by atoms with van der Waals surface area (Å²) in [4.78, 5) is 20.6. The standard InChI is InChI=1S/C20H19FN4O2/c21-18-9-16(26)4-5-19(18)25-20(27)6-1-13-11-23-8-7-17(13)14(10-22)12-24-15-2-3-15/h1,4-12,15,26H,2-3,22H2,(H,25,27)/b6-1+,14-10?,24-12?. The first kappa shape index (κ1) is 18.3. The maximum absolute atomic E-state index is 13.7. The fraction of sp³-hybridized carbons (Fsp3) is 0.150. The molecular formula is C20H19FN4O2.